The van der Waals surface area contributed by atoms with Crippen molar-refractivity contribution in [2.75, 3.05) is 6.54 Å². The fourth-order valence-electron chi connectivity index (χ4n) is 2.30. The molecule has 2 rings (SSSR count). The third-order valence-corrected chi connectivity index (χ3v) is 5.77. The van der Waals surface area contributed by atoms with Crippen LogP contribution in [0.2, 0.25) is 0 Å². The standard InChI is InChI=1S/C16H23NS2/c1-5-9-17-15(14-8-7-13(6-2)19-14)16-11(3)10-12(4)18-16/h7-8,10,15,17H,5-6,9H2,1-4H3. The summed E-state index contributed by atoms with van der Waals surface area (Å²) in [5.41, 5.74) is 1.42. The van der Waals surface area contributed by atoms with Gasteiger partial charge in [0.1, 0.15) is 0 Å². The van der Waals surface area contributed by atoms with Gasteiger partial charge < -0.3 is 5.32 Å². The lowest BCUT2D eigenvalue weighted by atomic mass is 10.1. The molecule has 0 radical (unpaired) electrons. The minimum atomic E-state index is 0.379. The van der Waals surface area contributed by atoms with Gasteiger partial charge in [-0.25, -0.2) is 0 Å². The predicted molar refractivity (Wildman–Crippen MR) is 87.6 cm³/mol. The molecule has 1 unspecified atom stereocenters. The first-order valence-electron chi connectivity index (χ1n) is 7.04. The Kier molecular flexibility index (Phi) is 5.20. The first-order chi connectivity index (χ1) is 9.15. The molecule has 2 aromatic heterocycles. The van der Waals surface area contributed by atoms with Crippen molar-refractivity contribution in [3.05, 3.63) is 43.3 Å². The number of hydrogen-bond acceptors (Lipinski definition) is 3. The molecule has 1 N–H and O–H groups in total. The summed E-state index contributed by atoms with van der Waals surface area (Å²) in [6, 6.07) is 7.25. The van der Waals surface area contributed by atoms with Crippen molar-refractivity contribution in [3.8, 4) is 0 Å². The minimum Gasteiger partial charge on any atom is -0.305 e. The van der Waals surface area contributed by atoms with E-state index in [0.29, 0.717) is 6.04 Å². The van der Waals surface area contributed by atoms with E-state index in [9.17, 15) is 0 Å². The molecule has 0 amide bonds. The van der Waals surface area contributed by atoms with Crippen molar-refractivity contribution in [1.29, 1.82) is 0 Å². The largest absolute Gasteiger partial charge is 0.305 e. The molecule has 3 heteroatoms. The van der Waals surface area contributed by atoms with Gasteiger partial charge in [0.25, 0.3) is 0 Å². The van der Waals surface area contributed by atoms with Gasteiger partial charge in [-0.3, -0.25) is 0 Å². The fourth-order valence-corrected chi connectivity index (χ4v) is 4.54. The van der Waals surface area contributed by atoms with Crippen molar-refractivity contribution < 1.29 is 0 Å². The zero-order chi connectivity index (χ0) is 13.8. The van der Waals surface area contributed by atoms with E-state index < -0.39 is 0 Å². The van der Waals surface area contributed by atoms with Gasteiger partial charge in [0, 0.05) is 19.5 Å². The summed E-state index contributed by atoms with van der Waals surface area (Å²) in [5.74, 6) is 0. The molecule has 0 saturated carbocycles. The van der Waals surface area contributed by atoms with Crippen LogP contribution in [0, 0.1) is 13.8 Å². The molecule has 0 aromatic carbocycles. The second-order valence-electron chi connectivity index (χ2n) is 4.95. The van der Waals surface area contributed by atoms with Crippen LogP contribution in [0.5, 0.6) is 0 Å². The van der Waals surface area contributed by atoms with Crippen molar-refractivity contribution in [3.63, 3.8) is 0 Å². The molecular formula is C16H23NS2. The smallest absolute Gasteiger partial charge is 0.0767 e. The highest BCUT2D eigenvalue weighted by Gasteiger charge is 2.19. The van der Waals surface area contributed by atoms with Crippen molar-refractivity contribution in [1.82, 2.24) is 5.32 Å². The van der Waals surface area contributed by atoms with Gasteiger partial charge >= 0.3 is 0 Å². The van der Waals surface area contributed by atoms with Crippen LogP contribution in [0.15, 0.2) is 18.2 Å². The molecule has 0 aliphatic carbocycles. The topological polar surface area (TPSA) is 12.0 Å². The second kappa shape index (κ2) is 6.69. The normalized spacial score (nSPS) is 12.8. The quantitative estimate of drug-likeness (QED) is 0.783. The van der Waals surface area contributed by atoms with Crippen LogP contribution in [-0.2, 0) is 6.42 Å². The Labute approximate surface area is 124 Å². The van der Waals surface area contributed by atoms with Crippen LogP contribution in [0.3, 0.4) is 0 Å². The van der Waals surface area contributed by atoms with E-state index >= 15 is 0 Å². The molecular weight excluding hydrogens is 270 g/mol. The highest BCUT2D eigenvalue weighted by molar-refractivity contribution is 7.13. The summed E-state index contributed by atoms with van der Waals surface area (Å²) in [6.45, 7) is 9.95. The molecule has 0 aliphatic heterocycles. The number of nitrogens with one attached hydrogen (secondary N) is 1. The van der Waals surface area contributed by atoms with E-state index in [4.69, 9.17) is 0 Å². The van der Waals surface area contributed by atoms with Gasteiger partial charge in [0.2, 0.25) is 0 Å². The molecule has 0 saturated heterocycles. The zero-order valence-corrected chi connectivity index (χ0v) is 13.9. The average molecular weight is 294 g/mol. The first kappa shape index (κ1) is 14.8. The maximum absolute atomic E-state index is 3.71. The van der Waals surface area contributed by atoms with E-state index in [0.717, 1.165) is 13.0 Å². The van der Waals surface area contributed by atoms with Crippen LogP contribution in [0.4, 0.5) is 0 Å². The molecule has 19 heavy (non-hydrogen) atoms. The molecule has 104 valence electrons. The fraction of sp³-hybridized carbons (Fsp3) is 0.500. The predicted octanol–water partition coefficient (Wildman–Crippen LogP) is 5.08. The highest BCUT2D eigenvalue weighted by atomic mass is 32.1. The Hall–Kier alpha value is -0.640. The maximum Gasteiger partial charge on any atom is 0.0767 e. The molecule has 0 bridgehead atoms. The van der Waals surface area contributed by atoms with Crippen LogP contribution >= 0.6 is 22.7 Å². The Morgan fingerprint density at radius 1 is 1.16 bits per heavy atom. The Balaban J connectivity index is 2.32. The van der Waals surface area contributed by atoms with E-state index in [1.807, 2.05) is 22.7 Å². The molecule has 1 atom stereocenters. The molecule has 1 nitrogen and oxygen atoms in total. The zero-order valence-electron chi connectivity index (χ0n) is 12.2. The van der Waals surface area contributed by atoms with E-state index in [-0.39, 0.29) is 0 Å². The summed E-state index contributed by atoms with van der Waals surface area (Å²) >= 11 is 3.88. The Morgan fingerprint density at radius 3 is 2.47 bits per heavy atom. The van der Waals surface area contributed by atoms with Gasteiger partial charge in [-0.05, 0) is 57.0 Å². The van der Waals surface area contributed by atoms with Crippen LogP contribution < -0.4 is 5.32 Å². The number of rotatable bonds is 6. The highest BCUT2D eigenvalue weighted by Crippen LogP contribution is 2.35. The van der Waals surface area contributed by atoms with Crippen molar-refractivity contribution in [2.24, 2.45) is 0 Å². The van der Waals surface area contributed by atoms with Gasteiger partial charge in [0.15, 0.2) is 0 Å². The summed E-state index contributed by atoms with van der Waals surface area (Å²) in [4.78, 5) is 5.82. The average Bonchev–Trinajstić information content (AvgIpc) is 2.97. The third kappa shape index (κ3) is 3.47. The lowest BCUT2D eigenvalue weighted by Crippen LogP contribution is -2.22. The van der Waals surface area contributed by atoms with Crippen molar-refractivity contribution >= 4 is 22.7 Å². The van der Waals surface area contributed by atoms with Gasteiger partial charge in [-0.2, -0.15) is 0 Å². The van der Waals surface area contributed by atoms with Crippen LogP contribution in [-0.4, -0.2) is 6.54 Å². The van der Waals surface area contributed by atoms with Gasteiger partial charge in [0.05, 0.1) is 6.04 Å². The van der Waals surface area contributed by atoms with E-state index in [1.165, 1.54) is 31.5 Å². The third-order valence-electron chi connectivity index (χ3n) is 3.26. The molecule has 0 spiro atoms. The van der Waals surface area contributed by atoms with Crippen LogP contribution in [0.1, 0.15) is 51.4 Å². The van der Waals surface area contributed by atoms with Gasteiger partial charge in [-0.15, -0.1) is 22.7 Å². The lowest BCUT2D eigenvalue weighted by Gasteiger charge is -2.17. The lowest BCUT2D eigenvalue weighted by molar-refractivity contribution is 0.611. The molecule has 2 aromatic rings. The SMILES string of the molecule is CCCNC(c1ccc(CC)s1)c1sc(C)cc1C. The Bertz CT molecular complexity index is 525. The molecule has 0 aliphatic rings. The summed E-state index contributed by atoms with van der Waals surface area (Å²) in [5, 5.41) is 3.71. The second-order valence-corrected chi connectivity index (χ2v) is 7.44. The maximum atomic E-state index is 3.71. The molecule has 2 heterocycles. The van der Waals surface area contributed by atoms with Gasteiger partial charge in [-0.1, -0.05) is 13.8 Å². The first-order valence-corrected chi connectivity index (χ1v) is 8.67. The number of hydrogen-bond donors (Lipinski definition) is 1. The number of thiophene rings is 2. The van der Waals surface area contributed by atoms with Crippen LogP contribution in [0.25, 0.3) is 0 Å². The summed E-state index contributed by atoms with van der Waals surface area (Å²) in [7, 11) is 0. The summed E-state index contributed by atoms with van der Waals surface area (Å²) in [6.07, 6.45) is 2.31. The minimum absolute atomic E-state index is 0.379. The monoisotopic (exact) mass is 293 g/mol. The summed E-state index contributed by atoms with van der Waals surface area (Å²) < 4.78 is 0. The molecule has 0 fully saturated rings. The van der Waals surface area contributed by atoms with E-state index in [1.54, 1.807) is 0 Å². The Morgan fingerprint density at radius 2 is 1.95 bits per heavy atom. The number of aryl methyl sites for hydroxylation is 3. The van der Waals surface area contributed by atoms with Crippen molar-refractivity contribution in [2.45, 2.75) is 46.6 Å². The van der Waals surface area contributed by atoms with E-state index in [2.05, 4.69) is 51.2 Å².